The number of amides is 1. The molecule has 0 saturated carbocycles. The number of nitrogens with zero attached hydrogens (tertiary/aromatic N) is 5. The van der Waals surface area contributed by atoms with Gasteiger partial charge in [0.25, 0.3) is 0 Å². The van der Waals surface area contributed by atoms with E-state index in [9.17, 15) is 4.79 Å². The summed E-state index contributed by atoms with van der Waals surface area (Å²) in [6.07, 6.45) is 3.46. The number of hydrogen-bond acceptors (Lipinski definition) is 6. The van der Waals surface area contributed by atoms with Crippen molar-refractivity contribution < 1.29 is 9.53 Å². The highest BCUT2D eigenvalue weighted by Gasteiger charge is 2.19. The molecule has 0 bridgehead atoms. The second-order valence-corrected chi connectivity index (χ2v) is 6.88. The van der Waals surface area contributed by atoms with Crippen LogP contribution in [0, 0.1) is 0 Å². The number of carbonyl (C=O) groups is 1. The van der Waals surface area contributed by atoms with Gasteiger partial charge in [0.05, 0.1) is 18.6 Å². The molecule has 0 aliphatic carbocycles. The van der Waals surface area contributed by atoms with E-state index in [4.69, 9.17) is 4.74 Å². The van der Waals surface area contributed by atoms with Crippen LogP contribution in [0.4, 0.5) is 0 Å². The van der Waals surface area contributed by atoms with Gasteiger partial charge in [-0.05, 0) is 38.1 Å². The van der Waals surface area contributed by atoms with Crippen LogP contribution < -0.4 is 4.74 Å². The SMILES string of the molecule is CCN(CC)C(=O)CSc1nnc(-c2cccnc2)n1-c1cccc(OC)c1. The van der Waals surface area contributed by atoms with Crippen molar-refractivity contribution in [2.45, 2.75) is 19.0 Å². The number of pyridine rings is 1. The molecule has 0 N–H and O–H groups in total. The molecule has 7 nitrogen and oxygen atoms in total. The van der Waals surface area contributed by atoms with Crippen molar-refractivity contribution in [1.82, 2.24) is 24.6 Å². The molecular formula is C20H23N5O2S. The minimum absolute atomic E-state index is 0.0816. The largest absolute Gasteiger partial charge is 0.497 e. The molecule has 0 saturated heterocycles. The van der Waals surface area contributed by atoms with Crippen LogP contribution in [0.2, 0.25) is 0 Å². The van der Waals surface area contributed by atoms with E-state index in [0.717, 1.165) is 17.0 Å². The summed E-state index contributed by atoms with van der Waals surface area (Å²) in [5, 5.41) is 9.36. The van der Waals surface area contributed by atoms with E-state index in [0.29, 0.717) is 29.8 Å². The molecule has 2 aromatic heterocycles. The molecule has 0 unspecified atom stereocenters. The lowest BCUT2D eigenvalue weighted by atomic mass is 10.2. The topological polar surface area (TPSA) is 73.1 Å². The molecule has 3 rings (SSSR count). The molecule has 146 valence electrons. The summed E-state index contributed by atoms with van der Waals surface area (Å²) >= 11 is 1.37. The average Bonchev–Trinajstić information content (AvgIpc) is 3.18. The Balaban J connectivity index is 1.98. The second-order valence-electron chi connectivity index (χ2n) is 5.94. The zero-order valence-corrected chi connectivity index (χ0v) is 17.0. The number of rotatable bonds is 8. The third-order valence-electron chi connectivity index (χ3n) is 4.31. The number of benzene rings is 1. The minimum Gasteiger partial charge on any atom is -0.497 e. The Kier molecular flexibility index (Phi) is 6.65. The van der Waals surface area contributed by atoms with Gasteiger partial charge in [-0.25, -0.2) is 0 Å². The molecule has 1 aromatic carbocycles. The van der Waals surface area contributed by atoms with Gasteiger partial charge in [0.2, 0.25) is 5.91 Å². The fourth-order valence-electron chi connectivity index (χ4n) is 2.82. The third-order valence-corrected chi connectivity index (χ3v) is 5.22. The van der Waals surface area contributed by atoms with Crippen molar-refractivity contribution in [2.24, 2.45) is 0 Å². The van der Waals surface area contributed by atoms with E-state index in [-0.39, 0.29) is 5.91 Å². The molecule has 1 amide bonds. The normalized spacial score (nSPS) is 10.7. The van der Waals surface area contributed by atoms with Gasteiger partial charge in [-0.3, -0.25) is 14.3 Å². The van der Waals surface area contributed by atoms with Gasteiger partial charge in [0.15, 0.2) is 11.0 Å². The number of hydrogen-bond donors (Lipinski definition) is 0. The first-order chi connectivity index (χ1) is 13.7. The minimum atomic E-state index is 0.0816. The molecule has 3 aromatic rings. The number of ether oxygens (including phenoxy) is 1. The van der Waals surface area contributed by atoms with Crippen LogP contribution in [0.25, 0.3) is 17.1 Å². The monoisotopic (exact) mass is 397 g/mol. The van der Waals surface area contributed by atoms with Gasteiger partial charge < -0.3 is 9.64 Å². The quantitative estimate of drug-likeness (QED) is 0.543. The van der Waals surface area contributed by atoms with Gasteiger partial charge >= 0.3 is 0 Å². The first kappa shape index (κ1) is 19.9. The van der Waals surface area contributed by atoms with Crippen molar-refractivity contribution in [3.63, 3.8) is 0 Å². The molecule has 0 radical (unpaired) electrons. The molecule has 8 heteroatoms. The highest BCUT2D eigenvalue weighted by molar-refractivity contribution is 7.99. The molecule has 0 atom stereocenters. The second kappa shape index (κ2) is 9.36. The number of thioether (sulfide) groups is 1. The van der Waals surface area contributed by atoms with E-state index >= 15 is 0 Å². The molecule has 28 heavy (non-hydrogen) atoms. The molecule has 0 spiro atoms. The Labute approximate surface area is 168 Å². The fraction of sp³-hybridized carbons (Fsp3) is 0.300. The molecule has 0 aliphatic heterocycles. The maximum atomic E-state index is 12.4. The standard InChI is InChI=1S/C20H23N5O2S/c1-4-24(5-2)18(26)14-28-20-23-22-19(15-8-7-11-21-13-15)25(20)16-9-6-10-17(12-16)27-3/h6-13H,4-5,14H2,1-3H3. The van der Waals surface area contributed by atoms with Crippen LogP contribution in [-0.4, -0.2) is 56.5 Å². The Bertz CT molecular complexity index is 925. The Morgan fingerprint density at radius 1 is 1.18 bits per heavy atom. The maximum absolute atomic E-state index is 12.4. The van der Waals surface area contributed by atoms with Gasteiger partial charge in [0.1, 0.15) is 5.75 Å². The fourth-order valence-corrected chi connectivity index (χ4v) is 3.68. The van der Waals surface area contributed by atoms with E-state index in [1.807, 2.05) is 54.8 Å². The third kappa shape index (κ3) is 4.33. The maximum Gasteiger partial charge on any atom is 0.233 e. The van der Waals surface area contributed by atoms with E-state index in [1.54, 1.807) is 24.4 Å². The van der Waals surface area contributed by atoms with E-state index in [1.165, 1.54) is 11.8 Å². The first-order valence-corrected chi connectivity index (χ1v) is 10.1. The smallest absolute Gasteiger partial charge is 0.233 e. The van der Waals surface area contributed by atoms with Crippen LogP contribution in [0.1, 0.15) is 13.8 Å². The van der Waals surface area contributed by atoms with E-state index < -0.39 is 0 Å². The first-order valence-electron chi connectivity index (χ1n) is 9.08. The molecular weight excluding hydrogens is 374 g/mol. The summed E-state index contributed by atoms with van der Waals surface area (Å²) in [5.41, 5.74) is 1.71. The van der Waals surface area contributed by atoms with Crippen molar-refractivity contribution in [2.75, 3.05) is 26.0 Å². The Hall–Kier alpha value is -2.87. The van der Waals surface area contributed by atoms with Crippen molar-refractivity contribution in [3.05, 3.63) is 48.8 Å². The lowest BCUT2D eigenvalue weighted by Crippen LogP contribution is -2.31. The highest BCUT2D eigenvalue weighted by atomic mass is 32.2. The lowest BCUT2D eigenvalue weighted by molar-refractivity contribution is -0.127. The van der Waals surface area contributed by atoms with Crippen LogP contribution >= 0.6 is 11.8 Å². The van der Waals surface area contributed by atoms with Crippen molar-refractivity contribution in [3.8, 4) is 22.8 Å². The predicted octanol–water partition coefficient (Wildman–Crippen LogP) is 3.30. The summed E-state index contributed by atoms with van der Waals surface area (Å²) in [7, 11) is 1.63. The number of methoxy groups -OCH3 is 1. The molecule has 0 aliphatic rings. The predicted molar refractivity (Wildman–Crippen MR) is 110 cm³/mol. The number of aromatic nitrogens is 4. The summed E-state index contributed by atoms with van der Waals surface area (Å²) < 4.78 is 7.29. The Morgan fingerprint density at radius 2 is 2.00 bits per heavy atom. The zero-order chi connectivity index (χ0) is 19.9. The number of carbonyl (C=O) groups excluding carboxylic acids is 1. The van der Waals surface area contributed by atoms with Gasteiger partial charge in [-0.1, -0.05) is 17.8 Å². The van der Waals surface area contributed by atoms with Crippen molar-refractivity contribution in [1.29, 1.82) is 0 Å². The summed E-state index contributed by atoms with van der Waals surface area (Å²) in [6.45, 7) is 5.34. The zero-order valence-electron chi connectivity index (χ0n) is 16.2. The summed E-state index contributed by atoms with van der Waals surface area (Å²) in [4.78, 5) is 18.4. The van der Waals surface area contributed by atoms with Gasteiger partial charge in [-0.2, -0.15) is 0 Å². The van der Waals surface area contributed by atoms with Crippen molar-refractivity contribution >= 4 is 17.7 Å². The van der Waals surface area contributed by atoms with Gasteiger partial charge in [-0.15, -0.1) is 10.2 Å². The Morgan fingerprint density at radius 3 is 2.68 bits per heavy atom. The summed E-state index contributed by atoms with van der Waals surface area (Å²) in [5.74, 6) is 1.78. The molecule has 2 heterocycles. The van der Waals surface area contributed by atoms with E-state index in [2.05, 4.69) is 15.2 Å². The van der Waals surface area contributed by atoms with Crippen LogP contribution in [0.5, 0.6) is 5.75 Å². The summed E-state index contributed by atoms with van der Waals surface area (Å²) in [6, 6.07) is 11.5. The highest BCUT2D eigenvalue weighted by Crippen LogP contribution is 2.29. The van der Waals surface area contributed by atoms with Crippen LogP contribution in [0.15, 0.2) is 53.9 Å². The lowest BCUT2D eigenvalue weighted by Gasteiger charge is -2.18. The average molecular weight is 398 g/mol. The molecule has 0 fully saturated rings. The van der Waals surface area contributed by atoms with Crippen LogP contribution in [0.3, 0.4) is 0 Å². The van der Waals surface area contributed by atoms with Crippen LogP contribution in [-0.2, 0) is 4.79 Å². The van der Waals surface area contributed by atoms with Gasteiger partial charge in [0, 0.05) is 37.1 Å².